The molecular formula is C26H20ClN7O7S2. The fraction of sp³-hybridized carbons (Fsp3) is 0.0385. The second-order valence-electron chi connectivity index (χ2n) is 9.05. The molecule has 1 aliphatic rings. The molecule has 0 unspecified atom stereocenters. The third-order valence-electron chi connectivity index (χ3n) is 5.92. The van der Waals surface area contributed by atoms with Crippen LogP contribution < -0.4 is 16.1 Å². The highest BCUT2D eigenvalue weighted by Gasteiger charge is 2.27. The van der Waals surface area contributed by atoms with E-state index in [1.54, 1.807) is 12.1 Å². The lowest BCUT2D eigenvalue weighted by Crippen LogP contribution is -2.21. The maximum Gasteiger partial charge on any atom is 0.294 e. The zero-order valence-electron chi connectivity index (χ0n) is 21.8. The van der Waals surface area contributed by atoms with Crippen molar-refractivity contribution in [2.45, 2.75) is 16.7 Å². The number of aromatic nitrogens is 3. The SMILES string of the molecule is Cc1ccc(N/N=C2/C=Cc3cc(S(=O)(=O)O)cc(Nc4nc(Cl)nc(Nc5cccc(S(=O)(=O)O)c5)n4)c3C2=O)cc1. The van der Waals surface area contributed by atoms with Gasteiger partial charge in [-0.15, -0.1) is 0 Å². The van der Waals surface area contributed by atoms with Crippen LogP contribution in [0.25, 0.3) is 6.08 Å². The Balaban J connectivity index is 1.51. The molecule has 0 fully saturated rings. The van der Waals surface area contributed by atoms with Gasteiger partial charge in [-0.3, -0.25) is 19.3 Å². The lowest BCUT2D eigenvalue weighted by Gasteiger charge is -2.18. The van der Waals surface area contributed by atoms with Crippen molar-refractivity contribution in [3.63, 3.8) is 0 Å². The Morgan fingerprint density at radius 2 is 1.47 bits per heavy atom. The van der Waals surface area contributed by atoms with Gasteiger partial charge in [-0.1, -0.05) is 29.8 Å². The zero-order valence-corrected chi connectivity index (χ0v) is 24.2. The highest BCUT2D eigenvalue weighted by atomic mass is 35.5. The number of carbonyl (C=O) groups is 1. The van der Waals surface area contributed by atoms with E-state index >= 15 is 0 Å². The lowest BCUT2D eigenvalue weighted by atomic mass is 9.93. The molecule has 0 atom stereocenters. The van der Waals surface area contributed by atoms with Crippen molar-refractivity contribution in [2.24, 2.45) is 5.10 Å². The van der Waals surface area contributed by atoms with Gasteiger partial charge >= 0.3 is 0 Å². The number of carbonyl (C=O) groups excluding carboxylic acids is 1. The molecular weight excluding hydrogens is 622 g/mol. The van der Waals surface area contributed by atoms with Crippen LogP contribution in [-0.4, -0.2) is 52.4 Å². The van der Waals surface area contributed by atoms with E-state index in [-0.39, 0.29) is 50.3 Å². The Labute approximate surface area is 250 Å². The third-order valence-corrected chi connectivity index (χ3v) is 7.77. The van der Waals surface area contributed by atoms with Gasteiger partial charge in [-0.2, -0.15) is 36.9 Å². The molecule has 5 rings (SSSR count). The minimum absolute atomic E-state index is 0.00508. The highest BCUT2D eigenvalue weighted by molar-refractivity contribution is 7.86. The molecule has 0 saturated carbocycles. The fourth-order valence-electron chi connectivity index (χ4n) is 3.93. The fourth-order valence-corrected chi connectivity index (χ4v) is 5.16. The van der Waals surface area contributed by atoms with E-state index in [2.05, 4.69) is 36.1 Å². The first-order valence-corrected chi connectivity index (χ1v) is 15.3. The van der Waals surface area contributed by atoms with E-state index in [0.717, 1.165) is 23.8 Å². The minimum atomic E-state index is -4.69. The normalized spacial score (nSPS) is 14.0. The molecule has 0 amide bonds. The van der Waals surface area contributed by atoms with Crippen LogP contribution in [0.4, 0.5) is 29.0 Å². The Morgan fingerprint density at radius 3 is 2.14 bits per heavy atom. The van der Waals surface area contributed by atoms with Gasteiger partial charge in [0.05, 0.1) is 26.7 Å². The molecule has 5 N–H and O–H groups in total. The average molecular weight is 642 g/mol. The maximum absolute atomic E-state index is 13.5. The maximum atomic E-state index is 13.5. The van der Waals surface area contributed by atoms with Crippen LogP contribution in [0, 0.1) is 6.92 Å². The van der Waals surface area contributed by atoms with E-state index < -0.39 is 30.9 Å². The Morgan fingerprint density at radius 1 is 0.791 bits per heavy atom. The number of nitrogens with zero attached hydrogens (tertiary/aromatic N) is 4. The van der Waals surface area contributed by atoms with Gasteiger partial charge in [0.15, 0.2) is 0 Å². The van der Waals surface area contributed by atoms with Gasteiger partial charge in [-0.05, 0) is 72.6 Å². The number of nitrogens with one attached hydrogen (secondary N) is 3. The smallest absolute Gasteiger partial charge is 0.294 e. The number of Topliss-reactive ketones (excluding diaryl/α,β-unsaturated/α-hetero) is 1. The number of halogens is 1. The second-order valence-corrected chi connectivity index (χ2v) is 12.2. The van der Waals surface area contributed by atoms with Gasteiger partial charge in [-0.25, -0.2) is 0 Å². The summed E-state index contributed by atoms with van der Waals surface area (Å²) in [7, 11) is -9.18. The Kier molecular flexibility index (Phi) is 7.96. The molecule has 220 valence electrons. The molecule has 0 bridgehead atoms. The van der Waals surface area contributed by atoms with Crippen molar-refractivity contribution in [3.05, 3.63) is 88.7 Å². The first-order chi connectivity index (χ1) is 20.3. The molecule has 4 aromatic rings. The molecule has 17 heteroatoms. The molecule has 1 heterocycles. The van der Waals surface area contributed by atoms with Crippen LogP contribution in [0.5, 0.6) is 0 Å². The third kappa shape index (κ3) is 7.02. The molecule has 1 aromatic heterocycles. The van der Waals surface area contributed by atoms with Gasteiger partial charge in [0.2, 0.25) is 23.0 Å². The Bertz CT molecular complexity index is 2050. The summed E-state index contributed by atoms with van der Waals surface area (Å²) in [5, 5.41) is 9.34. The summed E-state index contributed by atoms with van der Waals surface area (Å²) in [6.07, 6.45) is 2.85. The van der Waals surface area contributed by atoms with Crippen LogP contribution in [-0.2, 0) is 20.2 Å². The van der Waals surface area contributed by atoms with Crippen LogP contribution in [0.3, 0.4) is 0 Å². The van der Waals surface area contributed by atoms with Gasteiger partial charge in [0.1, 0.15) is 5.71 Å². The molecule has 3 aromatic carbocycles. The van der Waals surface area contributed by atoms with Gasteiger partial charge < -0.3 is 10.6 Å². The van der Waals surface area contributed by atoms with Crippen LogP contribution in [0.2, 0.25) is 5.28 Å². The van der Waals surface area contributed by atoms with Gasteiger partial charge in [0, 0.05) is 5.69 Å². The number of anilines is 5. The summed E-state index contributed by atoms with van der Waals surface area (Å²) in [4.78, 5) is 24.7. The quantitative estimate of drug-likeness (QED) is 0.133. The molecule has 0 aliphatic heterocycles. The summed E-state index contributed by atoms with van der Waals surface area (Å²) >= 11 is 6.08. The number of allylic oxidation sites excluding steroid dienone is 1. The van der Waals surface area contributed by atoms with E-state index in [0.29, 0.717) is 5.69 Å². The number of hydrogen-bond acceptors (Lipinski definition) is 12. The second kappa shape index (κ2) is 11.5. The summed E-state index contributed by atoms with van der Waals surface area (Å²) in [6, 6.07) is 14.6. The topological polar surface area (TPSA) is 213 Å². The highest BCUT2D eigenvalue weighted by Crippen LogP contribution is 2.32. The standard InChI is InChI=1S/C26H20ClN7O7S2/c1-14-5-8-16(9-6-14)33-34-20-10-7-15-11-19(43(39,40)41)13-21(22(15)23(20)35)29-26-31-24(27)30-25(32-26)28-17-3-2-4-18(12-17)42(36,37)38/h2-13,33H,1H3,(H,36,37,38)(H,39,40,41)(H2,28,29,30,31,32)/b34-20-. The summed E-state index contributed by atoms with van der Waals surface area (Å²) < 4.78 is 66.1. The van der Waals surface area contributed by atoms with Crippen molar-refractivity contribution < 1.29 is 30.7 Å². The van der Waals surface area contributed by atoms with Crippen molar-refractivity contribution in [1.29, 1.82) is 0 Å². The van der Waals surface area contributed by atoms with Gasteiger partial charge in [0.25, 0.3) is 20.2 Å². The number of hydrazone groups is 1. The predicted octanol–water partition coefficient (Wildman–Crippen LogP) is 4.49. The predicted molar refractivity (Wildman–Crippen MR) is 160 cm³/mol. The molecule has 14 nitrogen and oxygen atoms in total. The monoisotopic (exact) mass is 641 g/mol. The molecule has 0 saturated heterocycles. The lowest BCUT2D eigenvalue weighted by molar-refractivity contribution is 0.106. The molecule has 1 aliphatic carbocycles. The van der Waals surface area contributed by atoms with Crippen molar-refractivity contribution >= 4 is 78.4 Å². The van der Waals surface area contributed by atoms with E-state index in [1.807, 2.05) is 19.1 Å². The molecule has 43 heavy (non-hydrogen) atoms. The first-order valence-electron chi connectivity index (χ1n) is 12.1. The van der Waals surface area contributed by atoms with Crippen molar-refractivity contribution in [3.8, 4) is 0 Å². The number of aryl methyl sites for hydroxylation is 1. The number of rotatable bonds is 8. The average Bonchev–Trinajstić information content (AvgIpc) is 2.92. The van der Waals surface area contributed by atoms with Crippen LogP contribution in [0.15, 0.2) is 81.6 Å². The number of fused-ring (bicyclic) bond motifs is 1. The van der Waals surface area contributed by atoms with E-state index in [4.69, 9.17) is 11.6 Å². The number of hydrogen-bond donors (Lipinski definition) is 5. The van der Waals surface area contributed by atoms with E-state index in [9.17, 15) is 30.7 Å². The van der Waals surface area contributed by atoms with Crippen LogP contribution >= 0.6 is 11.6 Å². The largest absolute Gasteiger partial charge is 0.324 e. The molecule has 0 radical (unpaired) electrons. The van der Waals surface area contributed by atoms with E-state index in [1.165, 1.54) is 30.4 Å². The summed E-state index contributed by atoms with van der Waals surface area (Å²) in [6.45, 7) is 1.93. The number of ketones is 1. The minimum Gasteiger partial charge on any atom is -0.324 e. The molecule has 0 spiro atoms. The van der Waals surface area contributed by atoms with Crippen molar-refractivity contribution in [2.75, 3.05) is 16.1 Å². The summed E-state index contributed by atoms with van der Waals surface area (Å²) in [5.41, 5.74) is 4.73. The first kappa shape index (κ1) is 29.7. The zero-order chi connectivity index (χ0) is 30.9. The number of benzene rings is 3. The van der Waals surface area contributed by atoms with Crippen molar-refractivity contribution in [1.82, 2.24) is 15.0 Å². The summed E-state index contributed by atoms with van der Waals surface area (Å²) in [5.74, 6) is -0.977. The van der Waals surface area contributed by atoms with Crippen LogP contribution in [0.1, 0.15) is 21.5 Å². The Hall–Kier alpha value is -4.74.